The maximum atomic E-state index is 13.7. The van der Waals surface area contributed by atoms with Crippen molar-refractivity contribution in [1.82, 2.24) is 15.1 Å². The zero-order chi connectivity index (χ0) is 21.7. The predicted molar refractivity (Wildman–Crippen MR) is 102 cm³/mol. The second kappa shape index (κ2) is 9.18. The van der Waals surface area contributed by atoms with E-state index in [0.717, 1.165) is 12.1 Å². The fourth-order valence-corrected chi connectivity index (χ4v) is 2.63. The molecular formula is C19H17F2N5O4. The highest BCUT2D eigenvalue weighted by Gasteiger charge is 2.17. The summed E-state index contributed by atoms with van der Waals surface area (Å²) < 4.78 is 32.9. The number of nitro groups is 1. The van der Waals surface area contributed by atoms with Gasteiger partial charge in [0.1, 0.15) is 17.3 Å². The van der Waals surface area contributed by atoms with Crippen LogP contribution in [0.4, 0.5) is 20.2 Å². The Labute approximate surface area is 169 Å². The SMILES string of the molecule is CCN(CC(=O)Nc1c(F)cccc1F)Cc1nnc(-c2ccc([N+](=O)[O-])cc2)o1. The fraction of sp³-hybridized carbons (Fsp3) is 0.211. The van der Waals surface area contributed by atoms with Gasteiger partial charge in [0.05, 0.1) is 18.0 Å². The summed E-state index contributed by atoms with van der Waals surface area (Å²) in [7, 11) is 0. The van der Waals surface area contributed by atoms with Gasteiger partial charge in [0.25, 0.3) is 5.69 Å². The summed E-state index contributed by atoms with van der Waals surface area (Å²) >= 11 is 0. The number of amides is 1. The number of hydrogen-bond donors (Lipinski definition) is 1. The summed E-state index contributed by atoms with van der Waals surface area (Å²) in [5, 5.41) is 20.8. The molecule has 156 valence electrons. The number of carbonyl (C=O) groups excluding carboxylic acids is 1. The third-order valence-electron chi connectivity index (χ3n) is 4.19. The number of non-ortho nitro benzene ring substituents is 1. The summed E-state index contributed by atoms with van der Waals surface area (Å²) in [6.07, 6.45) is 0. The van der Waals surface area contributed by atoms with Gasteiger partial charge in [-0.1, -0.05) is 13.0 Å². The highest BCUT2D eigenvalue weighted by molar-refractivity contribution is 5.92. The molecule has 1 aromatic heterocycles. The molecule has 0 aliphatic rings. The number of carbonyl (C=O) groups is 1. The van der Waals surface area contributed by atoms with Gasteiger partial charge in [0, 0.05) is 17.7 Å². The molecular weight excluding hydrogens is 400 g/mol. The van der Waals surface area contributed by atoms with Crippen LogP contribution in [-0.2, 0) is 11.3 Å². The van der Waals surface area contributed by atoms with Gasteiger partial charge in [-0.05, 0) is 30.8 Å². The number of hydrogen-bond acceptors (Lipinski definition) is 7. The van der Waals surface area contributed by atoms with Crippen molar-refractivity contribution < 1.29 is 22.9 Å². The highest BCUT2D eigenvalue weighted by Crippen LogP contribution is 2.22. The summed E-state index contributed by atoms with van der Waals surface area (Å²) in [4.78, 5) is 24.0. The van der Waals surface area contributed by atoms with Crippen LogP contribution in [0.1, 0.15) is 12.8 Å². The van der Waals surface area contributed by atoms with Gasteiger partial charge in [-0.25, -0.2) is 8.78 Å². The van der Waals surface area contributed by atoms with Crippen molar-refractivity contribution >= 4 is 17.3 Å². The molecule has 1 amide bonds. The van der Waals surface area contributed by atoms with Gasteiger partial charge in [0.2, 0.25) is 17.7 Å². The molecule has 9 nitrogen and oxygen atoms in total. The molecule has 0 saturated carbocycles. The van der Waals surface area contributed by atoms with Gasteiger partial charge in [0.15, 0.2) is 0 Å². The molecule has 1 N–H and O–H groups in total. The Morgan fingerprint density at radius 1 is 1.17 bits per heavy atom. The Bertz CT molecular complexity index is 1040. The number of nitrogens with one attached hydrogen (secondary N) is 1. The second-order valence-electron chi connectivity index (χ2n) is 6.25. The zero-order valence-corrected chi connectivity index (χ0v) is 15.8. The molecule has 11 heteroatoms. The third kappa shape index (κ3) is 5.00. The first-order valence-corrected chi connectivity index (χ1v) is 8.90. The van der Waals surface area contributed by atoms with E-state index in [0.29, 0.717) is 12.1 Å². The average molecular weight is 417 g/mol. The van der Waals surface area contributed by atoms with Crippen molar-refractivity contribution in [3.63, 3.8) is 0 Å². The molecule has 30 heavy (non-hydrogen) atoms. The molecule has 0 saturated heterocycles. The zero-order valence-electron chi connectivity index (χ0n) is 15.8. The maximum Gasteiger partial charge on any atom is 0.269 e. The Morgan fingerprint density at radius 3 is 2.43 bits per heavy atom. The molecule has 0 aliphatic carbocycles. The molecule has 0 fully saturated rings. The molecule has 3 rings (SSSR count). The lowest BCUT2D eigenvalue weighted by Gasteiger charge is -2.18. The third-order valence-corrected chi connectivity index (χ3v) is 4.19. The van der Waals surface area contributed by atoms with Crippen molar-refractivity contribution in [3.8, 4) is 11.5 Å². The number of likely N-dealkylation sites (N-methyl/N-ethyl adjacent to an activating group) is 1. The lowest BCUT2D eigenvalue weighted by atomic mass is 10.2. The lowest BCUT2D eigenvalue weighted by Crippen LogP contribution is -2.33. The Kier molecular flexibility index (Phi) is 6.42. The number of nitro benzene ring substituents is 1. The van der Waals surface area contributed by atoms with Crippen LogP contribution in [0.2, 0.25) is 0 Å². The van der Waals surface area contributed by atoms with Crippen molar-refractivity contribution in [1.29, 1.82) is 0 Å². The van der Waals surface area contributed by atoms with E-state index in [9.17, 15) is 23.7 Å². The van der Waals surface area contributed by atoms with Crippen LogP contribution in [0.25, 0.3) is 11.5 Å². The second-order valence-corrected chi connectivity index (χ2v) is 6.25. The topological polar surface area (TPSA) is 114 Å². The lowest BCUT2D eigenvalue weighted by molar-refractivity contribution is -0.384. The van der Waals surface area contributed by atoms with E-state index in [-0.39, 0.29) is 30.6 Å². The Hall–Kier alpha value is -3.73. The minimum atomic E-state index is -0.865. The first-order chi connectivity index (χ1) is 14.4. The number of aromatic nitrogens is 2. The van der Waals surface area contributed by atoms with Gasteiger partial charge in [-0.2, -0.15) is 0 Å². The molecule has 0 spiro atoms. The Morgan fingerprint density at radius 2 is 1.83 bits per heavy atom. The molecule has 0 unspecified atom stereocenters. The van der Waals surface area contributed by atoms with E-state index in [2.05, 4.69) is 15.5 Å². The van der Waals surface area contributed by atoms with E-state index >= 15 is 0 Å². The van der Waals surface area contributed by atoms with Crippen molar-refractivity contribution in [2.45, 2.75) is 13.5 Å². The van der Waals surface area contributed by atoms with Crippen LogP contribution in [0.5, 0.6) is 0 Å². The van der Waals surface area contributed by atoms with Crippen LogP contribution >= 0.6 is 0 Å². The summed E-state index contributed by atoms with van der Waals surface area (Å²) in [5.74, 6) is -1.94. The van der Waals surface area contributed by atoms with Crippen LogP contribution in [0.3, 0.4) is 0 Å². The van der Waals surface area contributed by atoms with Crippen molar-refractivity contribution in [3.05, 3.63) is 70.1 Å². The van der Waals surface area contributed by atoms with E-state index in [1.54, 1.807) is 11.8 Å². The van der Waals surface area contributed by atoms with Gasteiger partial charge in [-0.3, -0.25) is 19.8 Å². The largest absolute Gasteiger partial charge is 0.419 e. The number of anilines is 1. The number of para-hydroxylation sites is 1. The minimum absolute atomic E-state index is 0.0621. The van der Waals surface area contributed by atoms with Crippen LogP contribution in [0.15, 0.2) is 46.9 Å². The van der Waals surface area contributed by atoms with Crippen LogP contribution in [-0.4, -0.2) is 39.0 Å². The summed E-state index contributed by atoms with van der Waals surface area (Å²) in [6.45, 7) is 2.20. The molecule has 0 aliphatic heterocycles. The van der Waals surface area contributed by atoms with Crippen LogP contribution < -0.4 is 5.32 Å². The van der Waals surface area contributed by atoms with Crippen molar-refractivity contribution in [2.75, 3.05) is 18.4 Å². The smallest absolute Gasteiger partial charge is 0.269 e. The van der Waals surface area contributed by atoms with Crippen LogP contribution in [0, 0.1) is 21.7 Å². The molecule has 2 aromatic carbocycles. The molecule has 1 heterocycles. The van der Waals surface area contributed by atoms with Gasteiger partial charge >= 0.3 is 0 Å². The fourth-order valence-electron chi connectivity index (χ4n) is 2.63. The first kappa shape index (κ1) is 21.0. The predicted octanol–water partition coefficient (Wildman–Crippen LogP) is 3.38. The van der Waals surface area contributed by atoms with Gasteiger partial charge in [-0.15, -0.1) is 10.2 Å². The van der Waals surface area contributed by atoms with E-state index < -0.39 is 28.2 Å². The van der Waals surface area contributed by atoms with E-state index in [1.807, 2.05) is 0 Å². The first-order valence-electron chi connectivity index (χ1n) is 8.90. The standard InChI is InChI=1S/C19H17F2N5O4/c1-2-25(10-16(27)22-18-14(20)4-3-5-15(18)21)11-17-23-24-19(30-17)12-6-8-13(9-7-12)26(28)29/h3-9H,2,10-11H2,1H3,(H,22,27). The summed E-state index contributed by atoms with van der Waals surface area (Å²) in [6, 6.07) is 8.93. The normalized spacial score (nSPS) is 10.9. The van der Waals surface area contributed by atoms with Gasteiger partial charge < -0.3 is 9.73 Å². The molecule has 0 radical (unpaired) electrons. The quantitative estimate of drug-likeness (QED) is 0.441. The minimum Gasteiger partial charge on any atom is -0.419 e. The van der Waals surface area contributed by atoms with E-state index in [1.165, 1.54) is 30.3 Å². The number of halogens is 2. The summed E-state index contributed by atoms with van der Waals surface area (Å²) in [5.41, 5.74) is -0.0556. The maximum absolute atomic E-state index is 13.7. The molecule has 3 aromatic rings. The number of rotatable bonds is 8. The van der Waals surface area contributed by atoms with Crippen molar-refractivity contribution in [2.24, 2.45) is 0 Å². The number of nitrogens with zero attached hydrogens (tertiary/aromatic N) is 4. The highest BCUT2D eigenvalue weighted by atomic mass is 19.1. The molecule has 0 bridgehead atoms. The average Bonchev–Trinajstić information content (AvgIpc) is 3.19. The monoisotopic (exact) mass is 417 g/mol. The Balaban J connectivity index is 1.63. The van der Waals surface area contributed by atoms with E-state index in [4.69, 9.17) is 4.42 Å². The molecule has 0 atom stereocenters. The number of benzene rings is 2.